The third kappa shape index (κ3) is 3.25. The minimum Gasteiger partial charge on any atom is -0.493 e. The number of methoxy groups -OCH3 is 2. The van der Waals surface area contributed by atoms with Crippen molar-refractivity contribution in [2.45, 2.75) is 13.5 Å². The quantitative estimate of drug-likeness (QED) is 0.884. The smallest absolute Gasteiger partial charge is 0.349 e. The first-order valence-electron chi connectivity index (χ1n) is 6.09. The molecule has 0 aliphatic carbocycles. The van der Waals surface area contributed by atoms with Crippen molar-refractivity contribution in [2.24, 2.45) is 0 Å². The van der Waals surface area contributed by atoms with E-state index in [4.69, 9.17) is 19.3 Å². The summed E-state index contributed by atoms with van der Waals surface area (Å²) in [5.41, 5.74) is 0.539. The number of carboxylic acids is 1. The van der Waals surface area contributed by atoms with Gasteiger partial charge in [-0.15, -0.1) is 11.3 Å². The summed E-state index contributed by atoms with van der Waals surface area (Å²) in [5, 5.41) is 9.13. The van der Waals surface area contributed by atoms with Gasteiger partial charge in [-0.3, -0.25) is 4.98 Å². The van der Waals surface area contributed by atoms with Crippen LogP contribution < -0.4 is 14.2 Å². The Kier molecular flexibility index (Phi) is 4.64. The zero-order valence-electron chi connectivity index (χ0n) is 11.9. The highest BCUT2D eigenvalue weighted by Gasteiger charge is 2.17. The van der Waals surface area contributed by atoms with Crippen molar-refractivity contribution in [3.63, 3.8) is 0 Å². The Bertz CT molecular complexity index is 653. The molecule has 0 saturated heterocycles. The van der Waals surface area contributed by atoms with E-state index in [-0.39, 0.29) is 11.5 Å². The first-order valence-corrected chi connectivity index (χ1v) is 6.90. The number of carbonyl (C=O) groups is 1. The Hall–Kier alpha value is -2.28. The summed E-state index contributed by atoms with van der Waals surface area (Å²) in [6.07, 6.45) is 1.58. The summed E-state index contributed by atoms with van der Waals surface area (Å²) in [5.74, 6) is 0.347. The van der Waals surface area contributed by atoms with Crippen LogP contribution >= 0.6 is 11.3 Å². The third-order valence-electron chi connectivity index (χ3n) is 2.75. The van der Waals surface area contributed by atoms with Crippen molar-refractivity contribution in [2.75, 3.05) is 14.2 Å². The average Bonchev–Trinajstić information content (AvgIpc) is 2.85. The Morgan fingerprint density at radius 1 is 1.33 bits per heavy atom. The number of nitrogens with zero attached hydrogens (tertiary/aromatic N) is 1. The molecule has 0 radical (unpaired) electrons. The molecule has 2 rings (SSSR count). The van der Waals surface area contributed by atoms with Gasteiger partial charge in [0.25, 0.3) is 0 Å². The van der Waals surface area contributed by atoms with Gasteiger partial charge in [-0.1, -0.05) is 0 Å². The largest absolute Gasteiger partial charge is 0.493 e. The van der Waals surface area contributed by atoms with Gasteiger partial charge in [0, 0.05) is 17.1 Å². The monoisotopic (exact) mass is 309 g/mol. The van der Waals surface area contributed by atoms with Gasteiger partial charge >= 0.3 is 5.97 Å². The van der Waals surface area contributed by atoms with Crippen molar-refractivity contribution < 1.29 is 24.1 Å². The highest BCUT2D eigenvalue weighted by atomic mass is 32.1. The lowest BCUT2D eigenvalue weighted by Gasteiger charge is -2.12. The maximum atomic E-state index is 11.1. The Balaban J connectivity index is 2.23. The molecule has 0 aliphatic heterocycles. The van der Waals surface area contributed by atoms with E-state index in [0.29, 0.717) is 22.9 Å². The number of carboxylic acid groups (broad SMARTS) is 1. The van der Waals surface area contributed by atoms with Crippen molar-refractivity contribution in [3.05, 3.63) is 33.8 Å². The van der Waals surface area contributed by atoms with E-state index in [1.165, 1.54) is 25.6 Å². The Morgan fingerprint density at radius 3 is 2.71 bits per heavy atom. The highest BCUT2D eigenvalue weighted by Crippen LogP contribution is 2.32. The van der Waals surface area contributed by atoms with E-state index in [0.717, 1.165) is 4.88 Å². The summed E-state index contributed by atoms with van der Waals surface area (Å²) >= 11 is 1.17. The van der Waals surface area contributed by atoms with Crippen molar-refractivity contribution in [1.29, 1.82) is 0 Å². The molecule has 1 N–H and O–H groups in total. The molecule has 0 fully saturated rings. The normalized spacial score (nSPS) is 10.2. The molecule has 2 aromatic heterocycles. The molecule has 2 heterocycles. The minimum atomic E-state index is -1.01. The first-order chi connectivity index (χ1) is 10.1. The number of hydrogen-bond acceptors (Lipinski definition) is 6. The second kappa shape index (κ2) is 6.45. The van der Waals surface area contributed by atoms with Gasteiger partial charge in [-0.2, -0.15) is 0 Å². The molecule has 0 spiro atoms. The Labute approximate surface area is 125 Å². The lowest BCUT2D eigenvalue weighted by atomic mass is 10.3. The van der Waals surface area contributed by atoms with Gasteiger partial charge in [0.05, 0.1) is 14.2 Å². The fraction of sp³-hybridized carbons (Fsp3) is 0.286. The van der Waals surface area contributed by atoms with Crippen LogP contribution in [0.4, 0.5) is 0 Å². The molecule has 0 atom stereocenters. The fourth-order valence-corrected chi connectivity index (χ4v) is 2.64. The average molecular weight is 309 g/mol. The highest BCUT2D eigenvalue weighted by molar-refractivity contribution is 7.14. The molecule has 0 unspecified atom stereocenters. The number of thiophene rings is 1. The van der Waals surface area contributed by atoms with E-state index in [1.807, 2.05) is 6.92 Å². The molecule has 0 aromatic carbocycles. The van der Waals surface area contributed by atoms with Crippen LogP contribution in [0.25, 0.3) is 0 Å². The standard InChI is InChI=1S/C14H15NO5S/c1-8-6-11(13(21-8)14(16)17)20-7-9-12(19-3)10(18-2)4-5-15-9/h4-6H,7H2,1-3H3,(H,16,17). The fourth-order valence-electron chi connectivity index (χ4n) is 1.85. The van der Waals surface area contributed by atoms with E-state index in [9.17, 15) is 4.79 Å². The van der Waals surface area contributed by atoms with Crippen LogP contribution in [0.5, 0.6) is 17.2 Å². The SMILES string of the molecule is COc1ccnc(COc2cc(C)sc2C(=O)O)c1OC. The molecule has 0 aliphatic rings. The number of hydrogen-bond donors (Lipinski definition) is 1. The zero-order valence-corrected chi connectivity index (χ0v) is 12.7. The topological polar surface area (TPSA) is 77.9 Å². The van der Waals surface area contributed by atoms with E-state index in [1.54, 1.807) is 18.3 Å². The lowest BCUT2D eigenvalue weighted by Crippen LogP contribution is -2.04. The molecular weight excluding hydrogens is 294 g/mol. The molecule has 112 valence electrons. The van der Waals surface area contributed by atoms with Crippen molar-refractivity contribution in [3.8, 4) is 17.2 Å². The van der Waals surface area contributed by atoms with Crippen LogP contribution in [-0.4, -0.2) is 30.3 Å². The van der Waals surface area contributed by atoms with Crippen LogP contribution in [0.15, 0.2) is 18.3 Å². The molecular formula is C14H15NO5S. The summed E-state index contributed by atoms with van der Waals surface area (Å²) in [7, 11) is 3.05. The van der Waals surface area contributed by atoms with Gasteiger partial charge in [-0.05, 0) is 13.0 Å². The van der Waals surface area contributed by atoms with Crippen LogP contribution in [0.3, 0.4) is 0 Å². The van der Waals surface area contributed by atoms with Gasteiger partial charge in [-0.25, -0.2) is 4.79 Å². The van der Waals surface area contributed by atoms with E-state index in [2.05, 4.69) is 4.98 Å². The van der Waals surface area contributed by atoms with Gasteiger partial charge in [0.2, 0.25) is 0 Å². The van der Waals surface area contributed by atoms with Crippen LogP contribution in [0.2, 0.25) is 0 Å². The van der Waals surface area contributed by atoms with Gasteiger partial charge < -0.3 is 19.3 Å². The number of aryl methyl sites for hydroxylation is 1. The number of pyridine rings is 1. The van der Waals surface area contributed by atoms with Gasteiger partial charge in [0.1, 0.15) is 18.1 Å². The number of rotatable bonds is 6. The maximum absolute atomic E-state index is 11.1. The summed E-state index contributed by atoms with van der Waals surface area (Å²) < 4.78 is 16.0. The van der Waals surface area contributed by atoms with E-state index >= 15 is 0 Å². The summed E-state index contributed by atoms with van der Waals surface area (Å²) in [6, 6.07) is 3.38. The molecule has 0 saturated carbocycles. The molecule has 6 nitrogen and oxygen atoms in total. The molecule has 0 bridgehead atoms. The number of ether oxygens (including phenoxy) is 3. The molecule has 2 aromatic rings. The summed E-state index contributed by atoms with van der Waals surface area (Å²) in [4.78, 5) is 16.4. The van der Waals surface area contributed by atoms with Crippen molar-refractivity contribution in [1.82, 2.24) is 4.98 Å². The summed E-state index contributed by atoms with van der Waals surface area (Å²) in [6.45, 7) is 1.92. The molecule has 7 heteroatoms. The van der Waals surface area contributed by atoms with Crippen LogP contribution in [0, 0.1) is 6.92 Å². The lowest BCUT2D eigenvalue weighted by molar-refractivity contribution is 0.0697. The zero-order chi connectivity index (χ0) is 15.4. The van der Waals surface area contributed by atoms with Crippen molar-refractivity contribution >= 4 is 17.3 Å². The second-order valence-corrected chi connectivity index (χ2v) is 5.39. The van der Waals surface area contributed by atoms with Crippen LogP contribution in [-0.2, 0) is 6.61 Å². The predicted octanol–water partition coefficient (Wildman–Crippen LogP) is 2.75. The van der Waals surface area contributed by atoms with Crippen LogP contribution in [0.1, 0.15) is 20.2 Å². The van der Waals surface area contributed by atoms with Gasteiger partial charge in [0.15, 0.2) is 16.4 Å². The Morgan fingerprint density at radius 2 is 2.10 bits per heavy atom. The predicted molar refractivity (Wildman–Crippen MR) is 77.7 cm³/mol. The number of aromatic carboxylic acids is 1. The third-order valence-corrected chi connectivity index (χ3v) is 3.77. The number of aromatic nitrogens is 1. The minimum absolute atomic E-state index is 0.0941. The van der Waals surface area contributed by atoms with E-state index < -0.39 is 5.97 Å². The molecule has 21 heavy (non-hydrogen) atoms. The maximum Gasteiger partial charge on any atom is 0.349 e. The molecule has 0 amide bonds. The first kappa shape index (κ1) is 15.1. The second-order valence-electron chi connectivity index (χ2n) is 4.14.